The first-order valence-electron chi connectivity index (χ1n) is 3.96. The summed E-state index contributed by atoms with van der Waals surface area (Å²) in [6.07, 6.45) is 3.79. The summed E-state index contributed by atoms with van der Waals surface area (Å²) >= 11 is 0. The Morgan fingerprint density at radius 2 is 2.33 bits per heavy atom. The molecular weight excluding hydrogens is 150 g/mol. The molecule has 0 spiro atoms. The molecule has 3 nitrogen and oxygen atoms in total. The van der Waals surface area contributed by atoms with Crippen molar-refractivity contribution in [2.45, 2.75) is 13.0 Å². The maximum atomic E-state index is 5.76. The van der Waals surface area contributed by atoms with E-state index in [1.165, 1.54) is 0 Å². The van der Waals surface area contributed by atoms with Gasteiger partial charge in [0.1, 0.15) is 5.65 Å². The average Bonchev–Trinajstić information content (AvgIpc) is 2.47. The molecule has 2 aromatic heterocycles. The fourth-order valence-electron chi connectivity index (χ4n) is 1.29. The van der Waals surface area contributed by atoms with Crippen molar-refractivity contribution in [3.8, 4) is 0 Å². The number of rotatable bonds is 1. The Hall–Kier alpha value is -1.35. The molecule has 0 saturated heterocycles. The zero-order chi connectivity index (χ0) is 8.55. The maximum Gasteiger partial charge on any atom is 0.136 e. The highest BCUT2D eigenvalue weighted by Gasteiger charge is 2.04. The van der Waals surface area contributed by atoms with E-state index in [2.05, 4.69) is 4.98 Å². The van der Waals surface area contributed by atoms with E-state index in [4.69, 9.17) is 5.73 Å². The van der Waals surface area contributed by atoms with Crippen LogP contribution in [0, 0.1) is 0 Å². The molecule has 0 aliphatic rings. The lowest BCUT2D eigenvalue weighted by molar-refractivity contribution is 0.769. The lowest BCUT2D eigenvalue weighted by Gasteiger charge is -2.03. The van der Waals surface area contributed by atoms with Crippen LogP contribution in [0.4, 0.5) is 0 Å². The highest BCUT2D eigenvalue weighted by molar-refractivity contribution is 5.40. The van der Waals surface area contributed by atoms with Gasteiger partial charge in [-0.25, -0.2) is 4.98 Å². The third-order valence-electron chi connectivity index (χ3n) is 1.91. The molecule has 0 saturated carbocycles. The lowest BCUT2D eigenvalue weighted by Crippen LogP contribution is -2.07. The van der Waals surface area contributed by atoms with Crippen molar-refractivity contribution < 1.29 is 0 Å². The third-order valence-corrected chi connectivity index (χ3v) is 1.91. The molecule has 2 N–H and O–H groups in total. The Balaban J connectivity index is 2.70. The van der Waals surface area contributed by atoms with Gasteiger partial charge in [-0.15, -0.1) is 0 Å². The molecule has 0 amide bonds. The number of aromatic nitrogens is 2. The first-order chi connectivity index (χ1) is 5.79. The van der Waals surface area contributed by atoms with Crippen LogP contribution in [0.2, 0.25) is 0 Å². The molecule has 0 radical (unpaired) electrons. The number of pyridine rings is 1. The molecule has 3 heteroatoms. The van der Waals surface area contributed by atoms with Crippen LogP contribution in [0.3, 0.4) is 0 Å². The van der Waals surface area contributed by atoms with Gasteiger partial charge in [-0.1, -0.05) is 6.07 Å². The van der Waals surface area contributed by atoms with Crippen molar-refractivity contribution >= 4 is 5.65 Å². The molecule has 12 heavy (non-hydrogen) atoms. The van der Waals surface area contributed by atoms with Gasteiger partial charge in [0, 0.05) is 12.2 Å². The van der Waals surface area contributed by atoms with E-state index in [-0.39, 0.29) is 6.04 Å². The summed E-state index contributed by atoms with van der Waals surface area (Å²) in [5, 5.41) is 0. The average molecular weight is 161 g/mol. The molecule has 1 atom stereocenters. The molecule has 2 heterocycles. The number of hydrogen-bond acceptors (Lipinski definition) is 2. The van der Waals surface area contributed by atoms with Crippen molar-refractivity contribution in [1.29, 1.82) is 0 Å². The van der Waals surface area contributed by atoms with Crippen LogP contribution in [0.1, 0.15) is 18.7 Å². The molecule has 2 aromatic rings. The van der Waals surface area contributed by atoms with Gasteiger partial charge in [-0.3, -0.25) is 0 Å². The molecule has 0 fully saturated rings. The van der Waals surface area contributed by atoms with Crippen LogP contribution < -0.4 is 5.73 Å². The van der Waals surface area contributed by atoms with Crippen molar-refractivity contribution in [3.05, 3.63) is 36.3 Å². The van der Waals surface area contributed by atoms with Crippen LogP contribution in [-0.4, -0.2) is 9.38 Å². The second kappa shape index (κ2) is 2.60. The summed E-state index contributed by atoms with van der Waals surface area (Å²) in [4.78, 5) is 4.22. The minimum Gasteiger partial charge on any atom is -0.323 e. The number of fused-ring (bicyclic) bond motifs is 1. The van der Waals surface area contributed by atoms with Crippen molar-refractivity contribution in [1.82, 2.24) is 9.38 Å². The minimum absolute atomic E-state index is 0.0300. The maximum absolute atomic E-state index is 5.76. The Morgan fingerprint density at radius 3 is 3.08 bits per heavy atom. The molecule has 0 unspecified atom stereocenters. The molecule has 0 aliphatic carbocycles. The van der Waals surface area contributed by atoms with Gasteiger partial charge in [-0.05, 0) is 19.1 Å². The summed E-state index contributed by atoms with van der Waals surface area (Å²) in [5.41, 5.74) is 7.76. The number of hydrogen-bond donors (Lipinski definition) is 1. The largest absolute Gasteiger partial charge is 0.323 e. The van der Waals surface area contributed by atoms with E-state index >= 15 is 0 Å². The highest BCUT2D eigenvalue weighted by atomic mass is 15.0. The molecule has 0 aliphatic heterocycles. The molecule has 62 valence electrons. The number of nitrogens with two attached hydrogens (primary N) is 1. The molecule has 0 bridgehead atoms. The van der Waals surface area contributed by atoms with Crippen LogP contribution in [0.15, 0.2) is 30.6 Å². The number of nitrogens with zero attached hydrogens (tertiary/aromatic N) is 2. The van der Waals surface area contributed by atoms with Gasteiger partial charge < -0.3 is 10.1 Å². The normalized spacial score (nSPS) is 13.5. The summed E-state index contributed by atoms with van der Waals surface area (Å²) in [6, 6.07) is 5.93. The van der Waals surface area contributed by atoms with E-state index in [1.807, 2.05) is 41.9 Å². The van der Waals surface area contributed by atoms with E-state index in [9.17, 15) is 0 Å². The Labute approximate surface area is 70.8 Å². The predicted octanol–water partition coefficient (Wildman–Crippen LogP) is 1.35. The SMILES string of the molecule is C[C@@H](N)c1cnc2ccccn12. The van der Waals surface area contributed by atoms with Crippen LogP contribution in [-0.2, 0) is 0 Å². The van der Waals surface area contributed by atoms with Crippen LogP contribution in [0.5, 0.6) is 0 Å². The van der Waals surface area contributed by atoms with Crippen LogP contribution in [0.25, 0.3) is 5.65 Å². The molecule has 2 rings (SSSR count). The summed E-state index contributed by atoms with van der Waals surface area (Å²) in [5.74, 6) is 0. The summed E-state index contributed by atoms with van der Waals surface area (Å²) in [6.45, 7) is 1.95. The smallest absolute Gasteiger partial charge is 0.136 e. The summed E-state index contributed by atoms with van der Waals surface area (Å²) < 4.78 is 2.00. The van der Waals surface area contributed by atoms with Gasteiger partial charge in [0.25, 0.3) is 0 Å². The van der Waals surface area contributed by atoms with Gasteiger partial charge in [0.2, 0.25) is 0 Å². The monoisotopic (exact) mass is 161 g/mol. The van der Waals surface area contributed by atoms with Crippen molar-refractivity contribution in [3.63, 3.8) is 0 Å². The third kappa shape index (κ3) is 0.987. The van der Waals surface area contributed by atoms with Crippen molar-refractivity contribution in [2.24, 2.45) is 5.73 Å². The second-order valence-electron chi connectivity index (χ2n) is 2.90. The van der Waals surface area contributed by atoms with E-state index in [0.717, 1.165) is 11.3 Å². The zero-order valence-corrected chi connectivity index (χ0v) is 6.94. The van der Waals surface area contributed by atoms with Crippen molar-refractivity contribution in [2.75, 3.05) is 0 Å². The standard InChI is InChI=1S/C9H11N3/c1-7(10)8-6-11-9-4-2-3-5-12(8)9/h2-7H,10H2,1H3/t7-/m1/s1. The highest BCUT2D eigenvalue weighted by Crippen LogP contribution is 2.11. The first-order valence-corrected chi connectivity index (χ1v) is 3.96. The van der Waals surface area contributed by atoms with Crippen LogP contribution >= 0.6 is 0 Å². The Kier molecular flexibility index (Phi) is 1.59. The summed E-state index contributed by atoms with van der Waals surface area (Å²) in [7, 11) is 0. The lowest BCUT2D eigenvalue weighted by atomic mass is 10.3. The predicted molar refractivity (Wildman–Crippen MR) is 47.8 cm³/mol. The molecule has 0 aromatic carbocycles. The first kappa shape index (κ1) is 7.31. The zero-order valence-electron chi connectivity index (χ0n) is 6.94. The fourth-order valence-corrected chi connectivity index (χ4v) is 1.29. The van der Waals surface area contributed by atoms with E-state index < -0.39 is 0 Å². The van der Waals surface area contributed by atoms with Gasteiger partial charge in [0.05, 0.1) is 11.9 Å². The Bertz CT molecular complexity index is 389. The van der Waals surface area contributed by atoms with E-state index in [1.54, 1.807) is 0 Å². The van der Waals surface area contributed by atoms with Gasteiger partial charge in [0.15, 0.2) is 0 Å². The minimum atomic E-state index is 0.0300. The fraction of sp³-hybridized carbons (Fsp3) is 0.222. The van der Waals surface area contributed by atoms with Gasteiger partial charge in [-0.2, -0.15) is 0 Å². The Morgan fingerprint density at radius 1 is 1.50 bits per heavy atom. The van der Waals surface area contributed by atoms with Gasteiger partial charge >= 0.3 is 0 Å². The topological polar surface area (TPSA) is 43.3 Å². The quantitative estimate of drug-likeness (QED) is 0.686. The molecular formula is C9H11N3. The number of imidazole rings is 1. The second-order valence-corrected chi connectivity index (χ2v) is 2.90. The van der Waals surface area contributed by atoms with E-state index in [0.29, 0.717) is 0 Å².